The molecular weight excluding hydrogens is 234 g/mol. The molecule has 3 rings (SSSR count). The van der Waals surface area contributed by atoms with Gasteiger partial charge in [-0.25, -0.2) is 0 Å². The molecule has 0 bridgehead atoms. The van der Waals surface area contributed by atoms with Gasteiger partial charge in [-0.05, 0) is 44.4 Å². The Hall–Kier alpha value is -1.96. The summed E-state index contributed by atoms with van der Waals surface area (Å²) in [6.07, 6.45) is 1.77. The van der Waals surface area contributed by atoms with Crippen LogP contribution >= 0.6 is 0 Å². The summed E-state index contributed by atoms with van der Waals surface area (Å²) in [4.78, 5) is 17.4. The number of benzene rings is 1. The second-order valence-electron chi connectivity index (χ2n) is 5.48. The number of hydrogen-bond acceptors (Lipinski definition) is 2. The van der Waals surface area contributed by atoms with E-state index in [2.05, 4.69) is 11.1 Å². The fraction of sp³-hybridized carbons (Fsp3) is 0.294. The van der Waals surface area contributed by atoms with Crippen LogP contribution in [0.1, 0.15) is 40.7 Å². The van der Waals surface area contributed by atoms with Crippen molar-refractivity contribution in [3.05, 3.63) is 65.0 Å². The molecule has 1 aliphatic rings. The van der Waals surface area contributed by atoms with Crippen LogP contribution in [-0.4, -0.2) is 10.8 Å². The number of carbonyl (C=O) groups is 1. The molecule has 0 radical (unpaired) electrons. The molecule has 0 saturated carbocycles. The smallest absolute Gasteiger partial charge is 0.174 e. The van der Waals surface area contributed by atoms with Gasteiger partial charge in [0.25, 0.3) is 0 Å². The van der Waals surface area contributed by atoms with E-state index in [0.29, 0.717) is 0 Å². The van der Waals surface area contributed by atoms with Crippen LogP contribution in [0.15, 0.2) is 42.5 Å². The maximum Gasteiger partial charge on any atom is 0.174 e. The molecule has 96 valence electrons. The lowest BCUT2D eigenvalue weighted by Gasteiger charge is -2.33. The van der Waals surface area contributed by atoms with Gasteiger partial charge in [-0.1, -0.05) is 30.3 Å². The van der Waals surface area contributed by atoms with Crippen molar-refractivity contribution in [2.45, 2.75) is 32.1 Å². The number of aryl methyl sites for hydroxylation is 2. The third kappa shape index (κ3) is 1.88. The summed E-state index contributed by atoms with van der Waals surface area (Å²) in [6, 6.07) is 13.8. The largest absolute Gasteiger partial charge is 0.293 e. The Morgan fingerprint density at radius 1 is 1.11 bits per heavy atom. The van der Waals surface area contributed by atoms with Gasteiger partial charge in [-0.3, -0.25) is 9.78 Å². The standard InChI is InChI=1S/C17H17NO/c1-12-6-5-9-15(18-12)17(2)11-10-13-7-3-4-8-14(13)16(17)19/h3-9H,10-11H2,1-2H3/t17-/m1/s1. The highest BCUT2D eigenvalue weighted by Gasteiger charge is 2.40. The van der Waals surface area contributed by atoms with Crippen LogP contribution in [0.2, 0.25) is 0 Å². The van der Waals surface area contributed by atoms with E-state index in [0.717, 1.165) is 35.4 Å². The van der Waals surface area contributed by atoms with Gasteiger partial charge in [0.2, 0.25) is 0 Å². The highest BCUT2D eigenvalue weighted by atomic mass is 16.1. The topological polar surface area (TPSA) is 30.0 Å². The van der Waals surface area contributed by atoms with Gasteiger partial charge in [0.1, 0.15) is 0 Å². The van der Waals surface area contributed by atoms with Gasteiger partial charge < -0.3 is 0 Å². The molecule has 0 fully saturated rings. The van der Waals surface area contributed by atoms with Gasteiger partial charge in [0.15, 0.2) is 5.78 Å². The molecule has 1 heterocycles. The van der Waals surface area contributed by atoms with E-state index >= 15 is 0 Å². The van der Waals surface area contributed by atoms with E-state index in [1.165, 1.54) is 0 Å². The Morgan fingerprint density at radius 2 is 1.89 bits per heavy atom. The number of hydrogen-bond donors (Lipinski definition) is 0. The number of aromatic nitrogens is 1. The van der Waals surface area contributed by atoms with E-state index in [1.54, 1.807) is 0 Å². The summed E-state index contributed by atoms with van der Waals surface area (Å²) in [6.45, 7) is 3.99. The van der Waals surface area contributed by atoms with E-state index in [4.69, 9.17) is 0 Å². The molecule has 2 heteroatoms. The summed E-state index contributed by atoms with van der Waals surface area (Å²) in [5.41, 5.74) is 3.40. The Bertz CT molecular complexity index is 647. The molecule has 0 spiro atoms. The van der Waals surface area contributed by atoms with Gasteiger partial charge in [-0.2, -0.15) is 0 Å². The summed E-state index contributed by atoms with van der Waals surface area (Å²) < 4.78 is 0. The van der Waals surface area contributed by atoms with E-state index in [-0.39, 0.29) is 5.78 Å². The Kier molecular flexibility index (Phi) is 2.74. The average Bonchev–Trinajstić information content (AvgIpc) is 2.43. The maximum atomic E-state index is 12.8. The number of ketones is 1. The van der Waals surface area contributed by atoms with Crippen molar-refractivity contribution in [1.82, 2.24) is 4.98 Å². The molecule has 0 saturated heterocycles. The van der Waals surface area contributed by atoms with Crippen molar-refractivity contribution in [1.29, 1.82) is 0 Å². The lowest BCUT2D eigenvalue weighted by molar-refractivity contribution is 0.0872. The molecule has 0 N–H and O–H groups in total. The first-order chi connectivity index (χ1) is 9.11. The van der Waals surface area contributed by atoms with Gasteiger partial charge in [-0.15, -0.1) is 0 Å². The molecule has 0 aliphatic heterocycles. The molecule has 1 aromatic carbocycles. The number of carbonyl (C=O) groups excluding carboxylic acids is 1. The van der Waals surface area contributed by atoms with Crippen molar-refractivity contribution in [2.75, 3.05) is 0 Å². The third-order valence-electron chi connectivity index (χ3n) is 4.11. The minimum atomic E-state index is -0.486. The number of Topliss-reactive ketones (excluding diaryl/α,β-unsaturated/α-hetero) is 1. The highest BCUT2D eigenvalue weighted by molar-refractivity contribution is 6.05. The Balaban J connectivity index is 2.10. The predicted molar refractivity (Wildman–Crippen MR) is 75.4 cm³/mol. The zero-order chi connectivity index (χ0) is 13.5. The molecular formula is C17H17NO. The average molecular weight is 251 g/mol. The molecule has 19 heavy (non-hydrogen) atoms. The monoisotopic (exact) mass is 251 g/mol. The van der Waals surface area contributed by atoms with Crippen LogP contribution in [-0.2, 0) is 11.8 Å². The maximum absolute atomic E-state index is 12.8. The molecule has 2 nitrogen and oxygen atoms in total. The molecule has 0 amide bonds. The van der Waals surface area contributed by atoms with E-state index in [9.17, 15) is 4.79 Å². The molecule has 0 unspecified atom stereocenters. The molecule has 1 aromatic heterocycles. The van der Waals surface area contributed by atoms with Crippen molar-refractivity contribution >= 4 is 5.78 Å². The van der Waals surface area contributed by atoms with E-state index in [1.807, 2.05) is 50.2 Å². The molecule has 1 atom stereocenters. The second kappa shape index (κ2) is 4.30. The van der Waals surface area contributed by atoms with Gasteiger partial charge in [0.05, 0.1) is 11.1 Å². The highest BCUT2D eigenvalue weighted by Crippen LogP contribution is 2.37. The third-order valence-corrected chi connectivity index (χ3v) is 4.11. The van der Waals surface area contributed by atoms with Crippen LogP contribution in [0.5, 0.6) is 0 Å². The fourth-order valence-electron chi connectivity index (χ4n) is 2.85. The number of rotatable bonds is 1. The second-order valence-corrected chi connectivity index (χ2v) is 5.48. The van der Waals surface area contributed by atoms with Crippen LogP contribution in [0.25, 0.3) is 0 Å². The normalized spacial score (nSPS) is 22.1. The zero-order valence-corrected chi connectivity index (χ0v) is 11.3. The number of nitrogens with zero attached hydrogens (tertiary/aromatic N) is 1. The Morgan fingerprint density at radius 3 is 2.68 bits per heavy atom. The summed E-state index contributed by atoms with van der Waals surface area (Å²) in [5, 5.41) is 0. The van der Waals surface area contributed by atoms with Gasteiger partial charge >= 0.3 is 0 Å². The number of pyridine rings is 1. The van der Waals surface area contributed by atoms with Crippen LogP contribution in [0, 0.1) is 6.92 Å². The predicted octanol–water partition coefficient (Wildman–Crippen LogP) is 3.48. The summed E-state index contributed by atoms with van der Waals surface area (Å²) >= 11 is 0. The van der Waals surface area contributed by atoms with Crippen LogP contribution in [0.4, 0.5) is 0 Å². The van der Waals surface area contributed by atoms with Crippen molar-refractivity contribution < 1.29 is 4.79 Å². The first-order valence-electron chi connectivity index (χ1n) is 6.68. The number of fused-ring (bicyclic) bond motifs is 1. The minimum absolute atomic E-state index is 0.201. The minimum Gasteiger partial charge on any atom is -0.293 e. The molecule has 1 aliphatic carbocycles. The van der Waals surface area contributed by atoms with Crippen molar-refractivity contribution in [2.24, 2.45) is 0 Å². The van der Waals surface area contributed by atoms with Crippen molar-refractivity contribution in [3.63, 3.8) is 0 Å². The summed E-state index contributed by atoms with van der Waals surface area (Å²) in [5.74, 6) is 0.201. The first kappa shape index (κ1) is 12.1. The lowest BCUT2D eigenvalue weighted by Crippen LogP contribution is -2.38. The van der Waals surface area contributed by atoms with Crippen molar-refractivity contribution in [3.8, 4) is 0 Å². The molecule has 2 aromatic rings. The lowest BCUT2D eigenvalue weighted by atomic mass is 9.69. The summed E-state index contributed by atoms with van der Waals surface area (Å²) in [7, 11) is 0. The SMILES string of the molecule is Cc1cccc([C@@]2(C)CCc3ccccc3C2=O)n1. The quantitative estimate of drug-likeness (QED) is 0.776. The van der Waals surface area contributed by atoms with Crippen LogP contribution < -0.4 is 0 Å². The fourth-order valence-corrected chi connectivity index (χ4v) is 2.85. The van der Waals surface area contributed by atoms with Crippen LogP contribution in [0.3, 0.4) is 0 Å². The van der Waals surface area contributed by atoms with E-state index < -0.39 is 5.41 Å². The Labute approximate surface area is 113 Å². The zero-order valence-electron chi connectivity index (χ0n) is 11.3. The van der Waals surface area contributed by atoms with Gasteiger partial charge in [0, 0.05) is 11.3 Å². The first-order valence-corrected chi connectivity index (χ1v) is 6.68.